The van der Waals surface area contributed by atoms with Crippen LogP contribution in [-0.4, -0.2) is 40.5 Å². The third-order valence-corrected chi connectivity index (χ3v) is 3.60. The van der Waals surface area contributed by atoms with E-state index in [0.717, 1.165) is 32.8 Å². The number of aryl methyl sites for hydroxylation is 1. The number of hydrogen-bond acceptors (Lipinski definition) is 3. The van der Waals surface area contributed by atoms with Gasteiger partial charge in [-0.2, -0.15) is 5.10 Å². The minimum absolute atomic E-state index is 0.430. The van der Waals surface area contributed by atoms with E-state index in [1.165, 1.54) is 24.8 Å². The summed E-state index contributed by atoms with van der Waals surface area (Å²) in [5.74, 6) is 0. The predicted molar refractivity (Wildman–Crippen MR) is 72.4 cm³/mol. The van der Waals surface area contributed by atoms with E-state index >= 15 is 0 Å². The molecule has 4 heteroatoms. The summed E-state index contributed by atoms with van der Waals surface area (Å²) in [5, 5.41) is 4.33. The molecule has 2 heterocycles. The van der Waals surface area contributed by atoms with Gasteiger partial charge in [0.25, 0.3) is 0 Å². The van der Waals surface area contributed by atoms with Gasteiger partial charge in [-0.05, 0) is 32.7 Å². The third kappa shape index (κ3) is 3.82. The molecule has 1 aliphatic heterocycles. The standard InChI is InChI=1S/C14H25N3O/c1-3-16(12-14-7-5-6-8-18-14)10-13-9-15-17(4-2)11-13/h9,11,14H,3-8,10,12H2,1-2H3/t14-/m1/s1. The van der Waals surface area contributed by atoms with Crippen molar-refractivity contribution in [1.29, 1.82) is 0 Å². The zero-order valence-corrected chi connectivity index (χ0v) is 11.6. The minimum Gasteiger partial charge on any atom is -0.377 e. The van der Waals surface area contributed by atoms with Crippen molar-refractivity contribution in [2.24, 2.45) is 0 Å². The molecule has 2 rings (SSSR count). The molecular weight excluding hydrogens is 226 g/mol. The van der Waals surface area contributed by atoms with Crippen LogP contribution in [0.3, 0.4) is 0 Å². The van der Waals surface area contributed by atoms with Crippen LogP contribution in [0.4, 0.5) is 0 Å². The van der Waals surface area contributed by atoms with Crippen molar-refractivity contribution in [1.82, 2.24) is 14.7 Å². The van der Waals surface area contributed by atoms with Gasteiger partial charge >= 0.3 is 0 Å². The number of nitrogens with zero attached hydrogens (tertiary/aromatic N) is 3. The molecule has 4 nitrogen and oxygen atoms in total. The van der Waals surface area contributed by atoms with Gasteiger partial charge in [-0.25, -0.2) is 0 Å². The van der Waals surface area contributed by atoms with Crippen molar-refractivity contribution >= 4 is 0 Å². The molecule has 0 aromatic carbocycles. The van der Waals surface area contributed by atoms with Crippen LogP contribution in [0.25, 0.3) is 0 Å². The highest BCUT2D eigenvalue weighted by Gasteiger charge is 2.17. The Hall–Kier alpha value is -0.870. The van der Waals surface area contributed by atoms with Crippen molar-refractivity contribution in [2.45, 2.75) is 52.3 Å². The molecule has 0 aliphatic carbocycles. The highest BCUT2D eigenvalue weighted by Crippen LogP contribution is 2.15. The largest absolute Gasteiger partial charge is 0.377 e. The van der Waals surface area contributed by atoms with Crippen molar-refractivity contribution in [2.75, 3.05) is 19.7 Å². The number of likely N-dealkylation sites (N-methyl/N-ethyl adjacent to an activating group) is 1. The molecule has 1 aromatic rings. The molecule has 0 saturated carbocycles. The average Bonchev–Trinajstić information content (AvgIpc) is 2.87. The summed E-state index contributed by atoms with van der Waals surface area (Å²) in [6.45, 7) is 9.31. The smallest absolute Gasteiger partial charge is 0.0702 e. The second-order valence-corrected chi connectivity index (χ2v) is 5.02. The first-order valence-electron chi connectivity index (χ1n) is 7.17. The minimum atomic E-state index is 0.430. The predicted octanol–water partition coefficient (Wildman–Crippen LogP) is 2.29. The van der Waals surface area contributed by atoms with E-state index in [1.54, 1.807) is 0 Å². The van der Waals surface area contributed by atoms with Crippen LogP contribution < -0.4 is 0 Å². The summed E-state index contributed by atoms with van der Waals surface area (Å²) in [7, 11) is 0. The monoisotopic (exact) mass is 251 g/mol. The van der Waals surface area contributed by atoms with Gasteiger partial charge in [0.1, 0.15) is 0 Å². The maximum Gasteiger partial charge on any atom is 0.0702 e. The van der Waals surface area contributed by atoms with Gasteiger partial charge in [-0.15, -0.1) is 0 Å². The summed E-state index contributed by atoms with van der Waals surface area (Å²) in [4.78, 5) is 2.45. The number of ether oxygens (including phenoxy) is 1. The highest BCUT2D eigenvalue weighted by molar-refractivity contribution is 5.03. The first-order valence-corrected chi connectivity index (χ1v) is 7.17. The van der Waals surface area contributed by atoms with E-state index in [2.05, 4.69) is 30.0 Å². The molecule has 0 spiro atoms. The van der Waals surface area contributed by atoms with Crippen LogP contribution >= 0.6 is 0 Å². The van der Waals surface area contributed by atoms with Gasteiger partial charge in [-0.3, -0.25) is 9.58 Å². The lowest BCUT2D eigenvalue weighted by Crippen LogP contribution is -2.35. The Morgan fingerprint density at radius 1 is 1.44 bits per heavy atom. The summed E-state index contributed by atoms with van der Waals surface area (Å²) < 4.78 is 7.80. The normalized spacial score (nSPS) is 20.5. The molecular formula is C14H25N3O. The molecule has 1 aromatic heterocycles. The lowest BCUT2D eigenvalue weighted by atomic mass is 10.1. The lowest BCUT2D eigenvalue weighted by Gasteiger charge is -2.28. The van der Waals surface area contributed by atoms with Crippen LogP contribution in [0.5, 0.6) is 0 Å². The zero-order chi connectivity index (χ0) is 12.8. The fraction of sp³-hybridized carbons (Fsp3) is 0.786. The molecule has 0 radical (unpaired) electrons. The van der Waals surface area contributed by atoms with Gasteiger partial charge < -0.3 is 4.74 Å². The quantitative estimate of drug-likeness (QED) is 0.777. The van der Waals surface area contributed by atoms with E-state index in [0.29, 0.717) is 6.10 Å². The van der Waals surface area contributed by atoms with Crippen LogP contribution in [0.1, 0.15) is 38.7 Å². The second kappa shape index (κ2) is 6.90. The van der Waals surface area contributed by atoms with Crippen molar-refractivity contribution in [3.05, 3.63) is 18.0 Å². The highest BCUT2D eigenvalue weighted by atomic mass is 16.5. The summed E-state index contributed by atoms with van der Waals surface area (Å²) >= 11 is 0. The van der Waals surface area contributed by atoms with Gasteiger partial charge in [0.15, 0.2) is 0 Å². The Morgan fingerprint density at radius 2 is 2.33 bits per heavy atom. The number of aromatic nitrogens is 2. The molecule has 1 atom stereocenters. The Balaban J connectivity index is 1.84. The molecule has 1 aliphatic rings. The number of hydrogen-bond donors (Lipinski definition) is 0. The SMILES string of the molecule is CCN(Cc1cnn(CC)c1)C[C@H]1CCCCO1. The Morgan fingerprint density at radius 3 is 2.94 bits per heavy atom. The van der Waals surface area contributed by atoms with Crippen LogP contribution in [0, 0.1) is 0 Å². The Labute approximate surface area is 110 Å². The average molecular weight is 251 g/mol. The van der Waals surface area contributed by atoms with Crippen molar-refractivity contribution < 1.29 is 4.74 Å². The molecule has 102 valence electrons. The van der Waals surface area contributed by atoms with E-state index in [9.17, 15) is 0 Å². The van der Waals surface area contributed by atoms with E-state index < -0.39 is 0 Å². The van der Waals surface area contributed by atoms with Crippen molar-refractivity contribution in [3.8, 4) is 0 Å². The fourth-order valence-corrected chi connectivity index (χ4v) is 2.46. The fourth-order valence-electron chi connectivity index (χ4n) is 2.46. The molecule has 1 fully saturated rings. The lowest BCUT2D eigenvalue weighted by molar-refractivity contribution is -0.00624. The Bertz CT molecular complexity index is 345. The molecule has 0 amide bonds. The van der Waals surface area contributed by atoms with E-state index in [4.69, 9.17) is 4.74 Å². The zero-order valence-electron chi connectivity index (χ0n) is 11.6. The first kappa shape index (κ1) is 13.6. The van der Waals surface area contributed by atoms with Crippen molar-refractivity contribution in [3.63, 3.8) is 0 Å². The second-order valence-electron chi connectivity index (χ2n) is 5.02. The van der Waals surface area contributed by atoms with Crippen LogP contribution in [-0.2, 0) is 17.8 Å². The topological polar surface area (TPSA) is 30.3 Å². The maximum absolute atomic E-state index is 5.81. The molecule has 1 saturated heterocycles. The Kier molecular flexibility index (Phi) is 5.20. The maximum atomic E-state index is 5.81. The molecule has 0 N–H and O–H groups in total. The number of rotatable bonds is 6. The summed E-state index contributed by atoms with van der Waals surface area (Å²) in [5.41, 5.74) is 1.30. The molecule has 0 unspecified atom stereocenters. The third-order valence-electron chi connectivity index (χ3n) is 3.60. The van der Waals surface area contributed by atoms with Gasteiger partial charge in [-0.1, -0.05) is 6.92 Å². The summed E-state index contributed by atoms with van der Waals surface area (Å²) in [6.07, 6.45) is 8.31. The first-order chi connectivity index (χ1) is 8.81. The van der Waals surface area contributed by atoms with Crippen LogP contribution in [0.2, 0.25) is 0 Å². The van der Waals surface area contributed by atoms with E-state index in [-0.39, 0.29) is 0 Å². The summed E-state index contributed by atoms with van der Waals surface area (Å²) in [6, 6.07) is 0. The van der Waals surface area contributed by atoms with Crippen LogP contribution in [0.15, 0.2) is 12.4 Å². The van der Waals surface area contributed by atoms with Gasteiger partial charge in [0, 0.05) is 38.0 Å². The van der Waals surface area contributed by atoms with E-state index in [1.807, 2.05) is 10.9 Å². The van der Waals surface area contributed by atoms with Gasteiger partial charge in [0.05, 0.1) is 12.3 Å². The molecule has 18 heavy (non-hydrogen) atoms. The molecule has 0 bridgehead atoms. The van der Waals surface area contributed by atoms with Gasteiger partial charge in [0.2, 0.25) is 0 Å².